The first-order valence-corrected chi connectivity index (χ1v) is 8.89. The molecule has 1 aliphatic heterocycles. The molecule has 1 heterocycles. The summed E-state index contributed by atoms with van der Waals surface area (Å²) in [6.45, 7) is 11.0. The minimum Gasteiger partial charge on any atom is -0.444 e. The molecule has 1 fully saturated rings. The number of amides is 1. The van der Waals surface area contributed by atoms with Crippen LogP contribution in [0.4, 0.5) is 10.5 Å². The average molecular weight is 355 g/mol. The van der Waals surface area contributed by atoms with E-state index in [4.69, 9.17) is 14.0 Å². The Morgan fingerprint density at radius 3 is 2.50 bits per heavy atom. The lowest BCUT2D eigenvalue weighted by atomic mass is 9.75. The summed E-state index contributed by atoms with van der Waals surface area (Å²) in [6.07, 6.45) is -0.470. The third-order valence-electron chi connectivity index (χ3n) is 4.06. The van der Waals surface area contributed by atoms with Crippen molar-refractivity contribution in [2.75, 3.05) is 18.5 Å². The van der Waals surface area contributed by atoms with Gasteiger partial charge in [0.05, 0.1) is 5.69 Å². The third kappa shape index (κ3) is 4.56. The molecule has 1 saturated heterocycles. The quantitative estimate of drug-likeness (QED) is 0.829. The summed E-state index contributed by atoms with van der Waals surface area (Å²) < 4.78 is 17.1. The number of carbonyl (C=O) groups is 1. The number of hydrogen-bond acceptors (Lipinski definition) is 4. The second-order valence-electron chi connectivity index (χ2n) is 8.53. The van der Waals surface area contributed by atoms with Crippen LogP contribution in [0.5, 0.6) is 0 Å². The van der Waals surface area contributed by atoms with Crippen LogP contribution in [0.1, 0.15) is 34.6 Å². The van der Waals surface area contributed by atoms with Crippen LogP contribution in [0.25, 0.3) is 10.8 Å². The molecular weight excluding hydrogens is 329 g/mol. The van der Waals surface area contributed by atoms with Gasteiger partial charge in [-0.05, 0) is 37.7 Å². The zero-order chi connectivity index (χ0) is 18.9. The van der Waals surface area contributed by atoms with E-state index < -0.39 is 11.7 Å². The van der Waals surface area contributed by atoms with Gasteiger partial charge in [-0.3, -0.25) is 5.32 Å². The van der Waals surface area contributed by atoms with E-state index in [1.54, 1.807) is 0 Å². The van der Waals surface area contributed by atoms with Gasteiger partial charge in [0.2, 0.25) is 0 Å². The Morgan fingerprint density at radius 1 is 1.15 bits per heavy atom. The molecule has 26 heavy (non-hydrogen) atoms. The molecule has 6 heteroatoms. The minimum absolute atomic E-state index is 0.0246. The Bertz CT molecular complexity index is 803. The Balaban J connectivity index is 1.85. The van der Waals surface area contributed by atoms with E-state index >= 15 is 0 Å². The largest absolute Gasteiger partial charge is 0.493 e. The number of rotatable bonds is 2. The van der Waals surface area contributed by atoms with Gasteiger partial charge in [-0.2, -0.15) is 0 Å². The van der Waals surface area contributed by atoms with Crippen molar-refractivity contribution in [3.05, 3.63) is 36.4 Å². The first-order chi connectivity index (χ1) is 12.1. The van der Waals surface area contributed by atoms with E-state index in [2.05, 4.69) is 19.2 Å². The molecule has 0 spiro atoms. The molecule has 2 aromatic rings. The number of fused-ring (bicyclic) bond motifs is 1. The SMILES string of the molecule is CC1(C)COB(c2ccc3cccc(NC(=O)OC(C)(C)C)c3c2)OC1. The normalized spacial score (nSPS) is 17.2. The van der Waals surface area contributed by atoms with Crippen molar-refractivity contribution in [2.45, 2.75) is 40.2 Å². The maximum Gasteiger partial charge on any atom is 0.493 e. The van der Waals surface area contributed by atoms with Crippen LogP contribution in [0.2, 0.25) is 0 Å². The maximum absolute atomic E-state index is 12.1. The van der Waals surface area contributed by atoms with Gasteiger partial charge >= 0.3 is 13.2 Å². The van der Waals surface area contributed by atoms with Gasteiger partial charge in [0, 0.05) is 24.0 Å². The Morgan fingerprint density at radius 2 is 1.85 bits per heavy atom. The number of hydrogen-bond donors (Lipinski definition) is 1. The van der Waals surface area contributed by atoms with E-state index in [0.29, 0.717) is 18.9 Å². The summed E-state index contributed by atoms with van der Waals surface area (Å²) in [5.41, 5.74) is 1.12. The van der Waals surface area contributed by atoms with E-state index in [0.717, 1.165) is 16.2 Å². The average Bonchev–Trinajstić information content (AvgIpc) is 2.53. The van der Waals surface area contributed by atoms with Crippen molar-refractivity contribution in [3.8, 4) is 0 Å². The first-order valence-electron chi connectivity index (χ1n) is 8.89. The van der Waals surface area contributed by atoms with Gasteiger partial charge in [0.25, 0.3) is 0 Å². The van der Waals surface area contributed by atoms with Gasteiger partial charge in [0.1, 0.15) is 5.60 Å². The van der Waals surface area contributed by atoms with Crippen LogP contribution in [0.15, 0.2) is 36.4 Å². The fourth-order valence-electron chi connectivity index (χ4n) is 2.84. The van der Waals surface area contributed by atoms with Crippen LogP contribution in [0.3, 0.4) is 0 Å². The number of benzene rings is 2. The first kappa shape index (κ1) is 18.7. The topological polar surface area (TPSA) is 56.8 Å². The van der Waals surface area contributed by atoms with E-state index in [-0.39, 0.29) is 12.5 Å². The summed E-state index contributed by atoms with van der Waals surface area (Å²) >= 11 is 0. The van der Waals surface area contributed by atoms with Crippen LogP contribution in [-0.2, 0) is 14.0 Å². The van der Waals surface area contributed by atoms with Crippen LogP contribution in [0, 0.1) is 5.41 Å². The second-order valence-corrected chi connectivity index (χ2v) is 8.53. The molecule has 5 nitrogen and oxygen atoms in total. The zero-order valence-electron chi connectivity index (χ0n) is 16.1. The summed E-state index contributed by atoms with van der Waals surface area (Å²) in [4.78, 5) is 12.1. The lowest BCUT2D eigenvalue weighted by Gasteiger charge is -2.33. The van der Waals surface area contributed by atoms with Crippen molar-refractivity contribution in [2.24, 2.45) is 5.41 Å². The zero-order valence-corrected chi connectivity index (χ0v) is 16.1. The van der Waals surface area contributed by atoms with Crippen LogP contribution >= 0.6 is 0 Å². The summed E-state index contributed by atoms with van der Waals surface area (Å²) in [7, 11) is -0.387. The second kappa shape index (κ2) is 6.93. The van der Waals surface area contributed by atoms with Crippen molar-refractivity contribution < 1.29 is 18.8 Å². The number of carbonyl (C=O) groups excluding carboxylic acids is 1. The third-order valence-corrected chi connectivity index (χ3v) is 4.06. The molecule has 0 bridgehead atoms. The van der Waals surface area contributed by atoms with Gasteiger partial charge in [-0.1, -0.05) is 44.2 Å². The highest BCUT2D eigenvalue weighted by atomic mass is 16.6. The van der Waals surface area contributed by atoms with Gasteiger partial charge in [-0.25, -0.2) is 4.79 Å². The standard InChI is InChI=1S/C20H26BNO4/c1-19(2,3)26-18(23)22-17-8-6-7-14-9-10-15(11-16(14)17)21-24-12-20(4,5)13-25-21/h6-11H,12-13H2,1-5H3,(H,22,23). The monoisotopic (exact) mass is 355 g/mol. The van der Waals surface area contributed by atoms with E-state index in [1.807, 2.05) is 57.2 Å². The molecule has 1 aliphatic rings. The van der Waals surface area contributed by atoms with Crippen LogP contribution < -0.4 is 10.8 Å². The van der Waals surface area contributed by atoms with Gasteiger partial charge in [0.15, 0.2) is 0 Å². The summed E-state index contributed by atoms with van der Waals surface area (Å²) in [6, 6.07) is 11.8. The number of anilines is 1. The summed E-state index contributed by atoms with van der Waals surface area (Å²) in [5.74, 6) is 0. The number of nitrogens with one attached hydrogen (secondary N) is 1. The Labute approximate surface area is 155 Å². The molecule has 1 N–H and O–H groups in total. The van der Waals surface area contributed by atoms with E-state index in [9.17, 15) is 4.79 Å². The molecule has 0 aliphatic carbocycles. The lowest BCUT2D eigenvalue weighted by molar-refractivity contribution is 0.0343. The minimum atomic E-state index is -0.545. The molecule has 2 aromatic carbocycles. The Hall–Kier alpha value is -2.05. The molecule has 0 radical (unpaired) electrons. The smallest absolute Gasteiger partial charge is 0.444 e. The molecule has 0 unspecified atom stereocenters. The Kier molecular flexibility index (Phi) is 4.99. The molecule has 3 rings (SSSR count). The highest BCUT2D eigenvalue weighted by molar-refractivity contribution is 6.61. The van der Waals surface area contributed by atoms with E-state index in [1.165, 1.54) is 0 Å². The molecule has 0 saturated carbocycles. The van der Waals surface area contributed by atoms with Crippen LogP contribution in [-0.4, -0.2) is 32.0 Å². The molecule has 138 valence electrons. The van der Waals surface area contributed by atoms with Crippen molar-refractivity contribution >= 4 is 35.1 Å². The van der Waals surface area contributed by atoms with Gasteiger partial charge < -0.3 is 14.0 Å². The van der Waals surface area contributed by atoms with Crippen molar-refractivity contribution in [3.63, 3.8) is 0 Å². The molecule has 0 atom stereocenters. The predicted octanol–water partition coefficient (Wildman–Crippen LogP) is 3.96. The summed E-state index contributed by atoms with van der Waals surface area (Å²) in [5, 5.41) is 4.79. The predicted molar refractivity (Wildman–Crippen MR) is 105 cm³/mol. The molecule has 1 amide bonds. The molecular formula is C20H26BNO4. The number of ether oxygens (including phenoxy) is 1. The lowest BCUT2D eigenvalue weighted by Crippen LogP contribution is -2.47. The van der Waals surface area contributed by atoms with Crippen molar-refractivity contribution in [1.82, 2.24) is 0 Å². The highest BCUT2D eigenvalue weighted by Gasteiger charge is 2.33. The van der Waals surface area contributed by atoms with Crippen molar-refractivity contribution in [1.29, 1.82) is 0 Å². The maximum atomic E-state index is 12.1. The van der Waals surface area contributed by atoms with Gasteiger partial charge in [-0.15, -0.1) is 0 Å². The fourth-order valence-corrected chi connectivity index (χ4v) is 2.84. The molecule has 0 aromatic heterocycles. The highest BCUT2D eigenvalue weighted by Crippen LogP contribution is 2.25. The fraction of sp³-hybridized carbons (Fsp3) is 0.450.